The molecule has 0 amide bonds. The number of ether oxygens (including phenoxy) is 1. The van der Waals surface area contributed by atoms with Gasteiger partial charge in [0.1, 0.15) is 16.0 Å². The molecule has 8 nitrogen and oxygen atoms in total. The molecule has 128 valence electrons. The number of hydrogen-bond donors (Lipinski definition) is 1. The molecule has 1 fully saturated rings. The Bertz CT molecular complexity index is 542. The average Bonchev–Trinajstić information content (AvgIpc) is 2.47. The number of aromatic nitrogens is 1. The van der Waals surface area contributed by atoms with Crippen molar-refractivity contribution in [1.29, 1.82) is 0 Å². The van der Waals surface area contributed by atoms with E-state index in [1.54, 1.807) is 0 Å². The van der Waals surface area contributed by atoms with Gasteiger partial charge in [0.05, 0.1) is 11.0 Å². The highest BCUT2D eigenvalue weighted by Gasteiger charge is 2.16. The van der Waals surface area contributed by atoms with Crippen molar-refractivity contribution in [2.75, 3.05) is 31.1 Å². The van der Waals surface area contributed by atoms with E-state index in [-0.39, 0.29) is 11.3 Å². The summed E-state index contributed by atoms with van der Waals surface area (Å²) >= 11 is 3.19. The number of hydrogen-bond acceptors (Lipinski definition) is 7. The third kappa shape index (κ3) is 7.38. The zero-order chi connectivity index (χ0) is 17.5. The molecule has 1 aliphatic rings. The van der Waals surface area contributed by atoms with E-state index in [2.05, 4.69) is 31.0 Å². The van der Waals surface area contributed by atoms with Crippen LogP contribution in [0.2, 0.25) is 0 Å². The number of halogens is 1. The Morgan fingerprint density at radius 3 is 2.43 bits per heavy atom. The number of piperazine rings is 1. The Hall–Kier alpha value is -1.74. The van der Waals surface area contributed by atoms with Crippen molar-refractivity contribution in [2.24, 2.45) is 0 Å². The molecule has 2 heterocycles. The van der Waals surface area contributed by atoms with Gasteiger partial charge in [-0.1, -0.05) is 0 Å². The number of carbonyl (C=O) groups excluding carboxylic acids is 1. The Labute approximate surface area is 143 Å². The molecule has 1 aromatic rings. The van der Waals surface area contributed by atoms with E-state index in [4.69, 9.17) is 0 Å². The predicted molar refractivity (Wildman–Crippen MR) is 90.6 cm³/mol. The van der Waals surface area contributed by atoms with Crippen LogP contribution in [0, 0.1) is 10.1 Å². The van der Waals surface area contributed by atoms with Crippen LogP contribution < -0.4 is 10.2 Å². The van der Waals surface area contributed by atoms with E-state index in [1.165, 1.54) is 12.1 Å². The molecule has 1 aromatic heterocycles. The van der Waals surface area contributed by atoms with Crippen molar-refractivity contribution in [1.82, 2.24) is 10.3 Å². The van der Waals surface area contributed by atoms with Gasteiger partial charge in [-0.15, -0.1) is 0 Å². The molecule has 0 bridgehead atoms. The molecule has 0 radical (unpaired) electrons. The zero-order valence-electron chi connectivity index (χ0n) is 13.4. The smallest absolute Gasteiger partial charge is 0.293 e. The second kappa shape index (κ2) is 8.78. The van der Waals surface area contributed by atoms with Crippen molar-refractivity contribution < 1.29 is 14.5 Å². The number of nitrogens with zero attached hydrogens (tertiary/aromatic N) is 3. The highest BCUT2D eigenvalue weighted by atomic mass is 79.9. The number of carbonyl (C=O) groups is 1. The summed E-state index contributed by atoms with van der Waals surface area (Å²) < 4.78 is 5.04. The number of anilines is 1. The molecule has 0 aromatic carbocycles. The third-order valence-corrected chi connectivity index (χ3v) is 3.23. The Kier molecular flexibility index (Phi) is 7.37. The molecule has 0 aliphatic carbocycles. The minimum atomic E-state index is -0.405. The minimum absolute atomic E-state index is 0.0652. The summed E-state index contributed by atoms with van der Waals surface area (Å²) in [7, 11) is 0. The lowest BCUT2D eigenvalue weighted by molar-refractivity contribution is -0.384. The number of nitro groups is 1. The second-order valence-corrected chi connectivity index (χ2v) is 6.64. The first-order valence-corrected chi connectivity index (χ1v) is 7.91. The van der Waals surface area contributed by atoms with Crippen molar-refractivity contribution in [3.8, 4) is 0 Å². The van der Waals surface area contributed by atoms with Crippen LogP contribution in [0.3, 0.4) is 0 Å². The fourth-order valence-corrected chi connectivity index (χ4v) is 2.19. The van der Waals surface area contributed by atoms with Crippen molar-refractivity contribution in [3.05, 3.63) is 26.9 Å². The maximum atomic E-state index is 10.7. The first kappa shape index (κ1) is 19.3. The standard InChI is InChI=1S/C9H11BrN4O2.C5H10O2/c10-8-5-7(14(15)16)6-9(12-8)13-3-1-11-2-4-13;1-5(2,3)7-4-6/h5-6,11H,1-4H2;4H,1-3H3. The van der Waals surface area contributed by atoms with Gasteiger partial charge >= 0.3 is 0 Å². The van der Waals surface area contributed by atoms with Crippen molar-refractivity contribution >= 4 is 33.9 Å². The largest absolute Gasteiger partial charge is 0.462 e. The minimum Gasteiger partial charge on any atom is -0.462 e. The van der Waals surface area contributed by atoms with E-state index in [9.17, 15) is 14.9 Å². The molecule has 2 rings (SSSR count). The second-order valence-electron chi connectivity index (χ2n) is 5.83. The first-order chi connectivity index (χ1) is 10.7. The van der Waals surface area contributed by atoms with Crippen LogP contribution in [0.4, 0.5) is 11.5 Å². The summed E-state index contributed by atoms with van der Waals surface area (Å²) in [5, 5.41) is 13.9. The van der Waals surface area contributed by atoms with Gasteiger partial charge in [0.15, 0.2) is 0 Å². The first-order valence-electron chi connectivity index (χ1n) is 7.12. The average molecular weight is 389 g/mol. The van der Waals surface area contributed by atoms with Gasteiger partial charge in [0, 0.05) is 32.2 Å². The van der Waals surface area contributed by atoms with E-state index >= 15 is 0 Å². The fourth-order valence-electron chi connectivity index (χ4n) is 1.78. The van der Waals surface area contributed by atoms with Gasteiger partial charge in [-0.05, 0) is 36.7 Å². The summed E-state index contributed by atoms with van der Waals surface area (Å²) in [6.45, 7) is 9.31. The number of rotatable bonds is 3. The number of nitrogens with one attached hydrogen (secondary N) is 1. The lowest BCUT2D eigenvalue weighted by atomic mass is 10.2. The summed E-state index contributed by atoms with van der Waals surface area (Å²) in [5.41, 5.74) is -0.253. The van der Waals surface area contributed by atoms with E-state index in [0.717, 1.165) is 26.2 Å². The van der Waals surface area contributed by atoms with Crippen LogP contribution in [0.1, 0.15) is 20.8 Å². The van der Waals surface area contributed by atoms with Crippen molar-refractivity contribution in [2.45, 2.75) is 26.4 Å². The molecule has 0 atom stereocenters. The molecule has 0 unspecified atom stereocenters. The maximum Gasteiger partial charge on any atom is 0.293 e. The molecule has 9 heteroatoms. The summed E-state index contributed by atoms with van der Waals surface area (Å²) in [4.78, 5) is 26.2. The Morgan fingerprint density at radius 2 is 2.00 bits per heavy atom. The van der Waals surface area contributed by atoms with Crippen LogP contribution in [0.15, 0.2) is 16.7 Å². The fraction of sp³-hybridized carbons (Fsp3) is 0.571. The topological polar surface area (TPSA) is 97.6 Å². The number of pyridine rings is 1. The SMILES string of the molecule is CC(C)(C)OC=O.O=[N+]([O-])c1cc(Br)nc(N2CCNCC2)c1. The van der Waals surface area contributed by atoms with E-state index < -0.39 is 4.92 Å². The van der Waals surface area contributed by atoms with E-state index in [1.807, 2.05) is 25.7 Å². The molecular weight excluding hydrogens is 368 g/mol. The Morgan fingerprint density at radius 1 is 1.39 bits per heavy atom. The van der Waals surface area contributed by atoms with Gasteiger partial charge in [0.25, 0.3) is 12.2 Å². The molecule has 0 saturated carbocycles. The highest BCUT2D eigenvalue weighted by Crippen LogP contribution is 2.23. The van der Waals surface area contributed by atoms with Crippen LogP contribution in [0.25, 0.3) is 0 Å². The van der Waals surface area contributed by atoms with Crippen LogP contribution in [-0.2, 0) is 9.53 Å². The summed E-state index contributed by atoms with van der Waals surface area (Å²) in [5.74, 6) is 0.655. The molecule has 23 heavy (non-hydrogen) atoms. The summed E-state index contributed by atoms with van der Waals surface area (Å²) in [6, 6.07) is 2.92. The lowest BCUT2D eigenvalue weighted by Gasteiger charge is -2.28. The van der Waals surface area contributed by atoms with Crippen molar-refractivity contribution in [3.63, 3.8) is 0 Å². The molecule has 0 spiro atoms. The highest BCUT2D eigenvalue weighted by molar-refractivity contribution is 9.10. The monoisotopic (exact) mass is 388 g/mol. The molecular formula is C14H21BrN4O4. The molecule has 1 saturated heterocycles. The normalized spacial score (nSPS) is 14.5. The predicted octanol–water partition coefficient (Wildman–Crippen LogP) is 2.12. The molecule has 1 N–H and O–H groups in total. The maximum absolute atomic E-state index is 10.7. The quantitative estimate of drug-likeness (QED) is 0.366. The third-order valence-electron chi connectivity index (χ3n) is 2.82. The molecule has 1 aliphatic heterocycles. The Balaban J connectivity index is 0.000000322. The van der Waals surface area contributed by atoms with Gasteiger partial charge in [-0.2, -0.15) is 0 Å². The lowest BCUT2D eigenvalue weighted by Crippen LogP contribution is -2.43. The van der Waals surface area contributed by atoms with Gasteiger partial charge < -0.3 is 15.0 Å². The van der Waals surface area contributed by atoms with Gasteiger partial charge in [0.2, 0.25) is 0 Å². The summed E-state index contributed by atoms with van der Waals surface area (Å²) in [6.07, 6.45) is 0. The van der Waals surface area contributed by atoms with E-state index in [0.29, 0.717) is 16.9 Å². The van der Waals surface area contributed by atoms with Crippen LogP contribution >= 0.6 is 15.9 Å². The zero-order valence-corrected chi connectivity index (χ0v) is 15.0. The van der Waals surface area contributed by atoms with Crippen LogP contribution in [-0.4, -0.2) is 48.2 Å². The van der Waals surface area contributed by atoms with Gasteiger partial charge in [-0.25, -0.2) is 4.98 Å². The van der Waals surface area contributed by atoms with Crippen LogP contribution in [0.5, 0.6) is 0 Å². The van der Waals surface area contributed by atoms with Gasteiger partial charge in [-0.3, -0.25) is 14.9 Å².